The highest BCUT2D eigenvalue weighted by molar-refractivity contribution is 6.11. The molecular weight excluding hydrogens is 504 g/mol. The minimum Gasteiger partial charge on any atom is -0.366 e. The first kappa shape index (κ1) is 26.9. The Morgan fingerprint density at radius 2 is 1.75 bits per heavy atom. The predicted molar refractivity (Wildman–Crippen MR) is 158 cm³/mol. The molecule has 0 atom stereocenters. The summed E-state index contributed by atoms with van der Waals surface area (Å²) in [4.78, 5) is 45.1. The van der Waals surface area contributed by atoms with Crippen molar-refractivity contribution in [2.45, 2.75) is 6.54 Å². The van der Waals surface area contributed by atoms with E-state index < -0.39 is 5.91 Å². The van der Waals surface area contributed by atoms with Crippen LogP contribution < -0.4 is 16.8 Å². The number of hydrogen-bond donors (Lipinski definition) is 4. The molecule has 6 N–H and O–H groups in total. The van der Waals surface area contributed by atoms with Gasteiger partial charge in [-0.25, -0.2) is 0 Å². The van der Waals surface area contributed by atoms with E-state index in [2.05, 4.69) is 28.8 Å². The third-order valence-corrected chi connectivity index (χ3v) is 7.38. The van der Waals surface area contributed by atoms with Crippen LogP contribution in [0.15, 0.2) is 73.3 Å². The number of aromatic amines is 1. The van der Waals surface area contributed by atoms with Crippen molar-refractivity contribution in [2.24, 2.45) is 11.5 Å². The Hall–Kier alpha value is -4.73. The first-order chi connectivity index (χ1) is 19.3. The summed E-state index contributed by atoms with van der Waals surface area (Å²) in [5, 5.41) is 3.59. The number of nitrogens with one attached hydrogen (secondary N) is 2. The number of amides is 3. The van der Waals surface area contributed by atoms with Crippen molar-refractivity contribution in [3.8, 4) is 22.4 Å². The number of piperazine rings is 1. The third-order valence-electron chi connectivity index (χ3n) is 7.38. The number of nitrogens with two attached hydrogens (primary N) is 2. The Morgan fingerprint density at radius 3 is 2.45 bits per heavy atom. The summed E-state index contributed by atoms with van der Waals surface area (Å²) in [5.74, 6) is -0.901. The molecule has 1 saturated heterocycles. The number of primary amides is 1. The first-order valence-corrected chi connectivity index (χ1v) is 13.1. The number of rotatable bonds is 7. The van der Waals surface area contributed by atoms with E-state index in [4.69, 9.17) is 11.5 Å². The van der Waals surface area contributed by atoms with Gasteiger partial charge in [0, 0.05) is 55.1 Å². The number of likely N-dealkylation sites (N-methyl/N-ethyl adjacent to an activating group) is 1. The number of nitrogens with zero attached hydrogens (tertiary/aromatic N) is 2. The van der Waals surface area contributed by atoms with Gasteiger partial charge in [-0.15, -0.1) is 0 Å². The summed E-state index contributed by atoms with van der Waals surface area (Å²) in [6.45, 7) is 6.76. The predicted octanol–water partition coefficient (Wildman–Crippen LogP) is 3.57. The molecule has 3 aromatic carbocycles. The van der Waals surface area contributed by atoms with E-state index in [1.807, 2.05) is 53.4 Å². The molecule has 1 aliphatic heterocycles. The van der Waals surface area contributed by atoms with Crippen LogP contribution in [0.2, 0.25) is 0 Å². The van der Waals surface area contributed by atoms with E-state index >= 15 is 0 Å². The van der Waals surface area contributed by atoms with Gasteiger partial charge in [0.05, 0.1) is 11.1 Å². The summed E-state index contributed by atoms with van der Waals surface area (Å²) in [5.41, 5.74) is 17.9. The fourth-order valence-corrected chi connectivity index (χ4v) is 5.19. The van der Waals surface area contributed by atoms with Crippen LogP contribution in [0.5, 0.6) is 0 Å². The van der Waals surface area contributed by atoms with Crippen molar-refractivity contribution in [3.63, 3.8) is 0 Å². The monoisotopic (exact) mass is 536 g/mol. The summed E-state index contributed by atoms with van der Waals surface area (Å²) in [7, 11) is 2.05. The normalized spacial score (nSPS) is 13.8. The van der Waals surface area contributed by atoms with Gasteiger partial charge in [0.15, 0.2) is 0 Å². The minimum atomic E-state index is -0.560. The molecule has 1 aliphatic rings. The number of hydrogen-bond acceptors (Lipinski definition) is 5. The molecule has 0 aliphatic carbocycles. The van der Waals surface area contributed by atoms with Gasteiger partial charge < -0.3 is 31.6 Å². The number of fused-ring (bicyclic) bond motifs is 1. The summed E-state index contributed by atoms with van der Waals surface area (Å²) in [6, 6.07) is 18.5. The smallest absolute Gasteiger partial charge is 0.253 e. The number of aromatic nitrogens is 1. The van der Waals surface area contributed by atoms with Crippen LogP contribution in [0, 0.1) is 0 Å². The highest BCUT2D eigenvalue weighted by Gasteiger charge is 2.22. The van der Waals surface area contributed by atoms with Crippen LogP contribution in [-0.4, -0.2) is 65.7 Å². The number of H-pyrrole nitrogens is 1. The number of carbonyl (C=O) groups is 3. The van der Waals surface area contributed by atoms with E-state index in [1.165, 1.54) is 6.08 Å². The molecule has 0 bridgehead atoms. The van der Waals surface area contributed by atoms with Crippen LogP contribution >= 0.6 is 0 Å². The summed E-state index contributed by atoms with van der Waals surface area (Å²) >= 11 is 0. The zero-order chi connectivity index (χ0) is 28.4. The molecule has 4 aromatic rings. The zero-order valence-corrected chi connectivity index (χ0v) is 22.4. The van der Waals surface area contributed by atoms with Crippen molar-refractivity contribution in [2.75, 3.05) is 38.5 Å². The number of anilines is 1. The lowest BCUT2D eigenvalue weighted by atomic mass is 9.93. The lowest BCUT2D eigenvalue weighted by Crippen LogP contribution is -2.47. The second-order valence-corrected chi connectivity index (χ2v) is 9.90. The lowest BCUT2D eigenvalue weighted by molar-refractivity contribution is -0.111. The Kier molecular flexibility index (Phi) is 7.50. The highest BCUT2D eigenvalue weighted by atomic mass is 16.2. The molecule has 0 spiro atoms. The van der Waals surface area contributed by atoms with Crippen molar-refractivity contribution in [3.05, 3.63) is 90.0 Å². The van der Waals surface area contributed by atoms with Gasteiger partial charge in [-0.2, -0.15) is 0 Å². The van der Waals surface area contributed by atoms with E-state index in [-0.39, 0.29) is 18.4 Å². The molecule has 1 aromatic heterocycles. The SMILES string of the molecule is C=CC(=O)Nc1cccc(-c2ccc(C(N)=O)c3[nH]c(-c4cccc(C(=O)N5CCN(C)CC5)c4)cc23)c1CN. The molecule has 5 rings (SSSR count). The summed E-state index contributed by atoms with van der Waals surface area (Å²) in [6.07, 6.45) is 1.20. The zero-order valence-electron chi connectivity index (χ0n) is 22.4. The van der Waals surface area contributed by atoms with Gasteiger partial charge in [-0.3, -0.25) is 14.4 Å². The molecule has 3 amide bonds. The number of carbonyl (C=O) groups excluding carboxylic acids is 3. The maximum Gasteiger partial charge on any atom is 0.253 e. The van der Waals surface area contributed by atoms with Crippen LogP contribution in [0.1, 0.15) is 26.3 Å². The van der Waals surface area contributed by atoms with Gasteiger partial charge in [0.1, 0.15) is 0 Å². The van der Waals surface area contributed by atoms with Crippen LogP contribution in [-0.2, 0) is 11.3 Å². The summed E-state index contributed by atoms with van der Waals surface area (Å²) < 4.78 is 0. The second kappa shape index (κ2) is 11.2. The van der Waals surface area contributed by atoms with Crippen molar-refractivity contribution < 1.29 is 14.4 Å². The fraction of sp³-hybridized carbons (Fsp3) is 0.194. The molecule has 0 unspecified atom stereocenters. The Balaban J connectivity index is 1.60. The molecule has 0 radical (unpaired) electrons. The average Bonchev–Trinajstić information content (AvgIpc) is 3.42. The topological polar surface area (TPSA) is 138 Å². The first-order valence-electron chi connectivity index (χ1n) is 13.1. The molecule has 40 heavy (non-hydrogen) atoms. The van der Waals surface area contributed by atoms with E-state index in [9.17, 15) is 14.4 Å². The van der Waals surface area contributed by atoms with Gasteiger partial charge in [0.25, 0.3) is 11.8 Å². The molecule has 1 fully saturated rings. The molecule has 204 valence electrons. The van der Waals surface area contributed by atoms with Gasteiger partial charge in [-0.05, 0) is 65.7 Å². The second-order valence-electron chi connectivity index (χ2n) is 9.90. The van der Waals surface area contributed by atoms with Crippen LogP contribution in [0.3, 0.4) is 0 Å². The van der Waals surface area contributed by atoms with Crippen molar-refractivity contribution in [1.82, 2.24) is 14.8 Å². The van der Waals surface area contributed by atoms with E-state index in [1.54, 1.807) is 12.1 Å². The molecule has 9 heteroatoms. The van der Waals surface area contributed by atoms with Crippen molar-refractivity contribution in [1.29, 1.82) is 0 Å². The highest BCUT2D eigenvalue weighted by Crippen LogP contribution is 2.37. The molecule has 9 nitrogen and oxygen atoms in total. The van der Waals surface area contributed by atoms with Crippen molar-refractivity contribution >= 4 is 34.3 Å². The van der Waals surface area contributed by atoms with Gasteiger partial charge in [-0.1, -0.05) is 36.9 Å². The van der Waals surface area contributed by atoms with Gasteiger partial charge >= 0.3 is 0 Å². The van der Waals surface area contributed by atoms with E-state index in [0.717, 1.165) is 46.4 Å². The Bertz CT molecular complexity index is 1630. The third kappa shape index (κ3) is 5.12. The molecular formula is C31H32N6O3. The van der Waals surface area contributed by atoms with Crippen LogP contribution in [0.25, 0.3) is 33.3 Å². The molecule has 2 heterocycles. The van der Waals surface area contributed by atoms with Crippen LogP contribution in [0.4, 0.5) is 5.69 Å². The Morgan fingerprint density at radius 1 is 1.00 bits per heavy atom. The maximum absolute atomic E-state index is 13.2. The Labute approximate surface area is 232 Å². The maximum atomic E-state index is 13.2. The fourth-order valence-electron chi connectivity index (χ4n) is 5.19. The minimum absolute atomic E-state index is 0.00412. The number of benzene rings is 3. The lowest BCUT2D eigenvalue weighted by Gasteiger charge is -2.32. The standard InChI is InChI=1S/C31H32N6O3/c1-3-28(38)34-26-9-5-8-21(25(26)18-32)22-10-11-23(30(33)39)29-24(22)17-27(35-29)19-6-4-7-20(16-19)31(40)37-14-12-36(2)13-15-37/h3-11,16-17,35H,1,12-15,18,32H2,2H3,(H2,33,39)(H,34,38). The quantitative estimate of drug-likeness (QED) is 0.268. The van der Waals surface area contributed by atoms with E-state index in [0.29, 0.717) is 35.4 Å². The molecule has 0 saturated carbocycles. The van der Waals surface area contributed by atoms with Gasteiger partial charge in [0.2, 0.25) is 5.91 Å². The average molecular weight is 537 g/mol. The largest absolute Gasteiger partial charge is 0.366 e.